The number of hydrogen-bond donors (Lipinski definition) is 1. The SMILES string of the molecule is C[C@H](Nc1nccc(N2C(=O)OCC2[C@@H](C)OC(C)(C)C)n1)c1ccccc1. The van der Waals surface area contributed by atoms with Crippen molar-refractivity contribution in [2.45, 2.75) is 58.4 Å². The number of carbonyl (C=O) groups excluding carboxylic acids is 1. The van der Waals surface area contributed by atoms with Gasteiger partial charge in [0.15, 0.2) is 0 Å². The average molecular weight is 384 g/mol. The Hall–Kier alpha value is -2.67. The summed E-state index contributed by atoms with van der Waals surface area (Å²) in [5, 5.41) is 3.29. The molecule has 3 rings (SSSR count). The Balaban J connectivity index is 1.78. The Morgan fingerprint density at radius 3 is 2.61 bits per heavy atom. The second-order valence-electron chi connectivity index (χ2n) is 7.96. The molecule has 1 aliphatic rings. The molecule has 1 saturated heterocycles. The van der Waals surface area contributed by atoms with Crippen LogP contribution in [0, 0.1) is 0 Å². The molecule has 1 aromatic heterocycles. The summed E-state index contributed by atoms with van der Waals surface area (Å²) in [7, 11) is 0. The van der Waals surface area contributed by atoms with Crippen molar-refractivity contribution in [2.24, 2.45) is 0 Å². The number of ether oxygens (including phenoxy) is 2. The highest BCUT2D eigenvalue weighted by molar-refractivity contribution is 5.89. The van der Waals surface area contributed by atoms with Gasteiger partial charge in [0.2, 0.25) is 5.95 Å². The van der Waals surface area contributed by atoms with Gasteiger partial charge in [0.25, 0.3) is 0 Å². The molecule has 1 amide bonds. The molecule has 0 saturated carbocycles. The van der Waals surface area contributed by atoms with Crippen molar-refractivity contribution in [2.75, 3.05) is 16.8 Å². The first-order valence-corrected chi connectivity index (χ1v) is 9.53. The molecule has 1 aromatic carbocycles. The summed E-state index contributed by atoms with van der Waals surface area (Å²) in [6, 6.07) is 11.5. The van der Waals surface area contributed by atoms with Gasteiger partial charge in [-0.15, -0.1) is 0 Å². The van der Waals surface area contributed by atoms with E-state index < -0.39 is 6.09 Å². The zero-order chi connectivity index (χ0) is 20.3. The number of nitrogens with zero attached hydrogens (tertiary/aromatic N) is 3. The summed E-state index contributed by atoms with van der Waals surface area (Å²) in [6.45, 7) is 10.2. The number of carbonyl (C=O) groups is 1. The van der Waals surface area contributed by atoms with Gasteiger partial charge in [0.05, 0.1) is 17.7 Å². The molecule has 1 unspecified atom stereocenters. The number of rotatable bonds is 6. The molecule has 7 heteroatoms. The van der Waals surface area contributed by atoms with Crippen LogP contribution in [-0.2, 0) is 9.47 Å². The molecule has 3 atom stereocenters. The van der Waals surface area contributed by atoms with Gasteiger partial charge in [0, 0.05) is 6.20 Å². The molecule has 0 aliphatic carbocycles. The first-order valence-electron chi connectivity index (χ1n) is 9.53. The van der Waals surface area contributed by atoms with Gasteiger partial charge in [-0.1, -0.05) is 30.3 Å². The Morgan fingerprint density at radius 2 is 1.93 bits per heavy atom. The van der Waals surface area contributed by atoms with Crippen LogP contribution in [0.25, 0.3) is 0 Å². The largest absolute Gasteiger partial charge is 0.447 e. The van der Waals surface area contributed by atoms with E-state index in [0.717, 1.165) is 5.56 Å². The fraction of sp³-hybridized carbons (Fsp3) is 0.476. The molecule has 2 heterocycles. The number of anilines is 2. The Morgan fingerprint density at radius 1 is 1.21 bits per heavy atom. The van der Waals surface area contributed by atoms with Crippen LogP contribution in [0.5, 0.6) is 0 Å². The van der Waals surface area contributed by atoms with Crippen LogP contribution < -0.4 is 10.2 Å². The number of cyclic esters (lactones) is 1. The number of benzene rings is 1. The second-order valence-corrected chi connectivity index (χ2v) is 7.96. The van der Waals surface area contributed by atoms with Gasteiger partial charge >= 0.3 is 6.09 Å². The van der Waals surface area contributed by atoms with Crippen LogP contribution >= 0.6 is 0 Å². The molecule has 1 N–H and O–H groups in total. The van der Waals surface area contributed by atoms with Crippen LogP contribution in [0.1, 0.15) is 46.2 Å². The van der Waals surface area contributed by atoms with Crippen LogP contribution in [0.4, 0.5) is 16.6 Å². The lowest BCUT2D eigenvalue weighted by atomic mass is 10.1. The number of hydrogen-bond acceptors (Lipinski definition) is 6. The highest BCUT2D eigenvalue weighted by atomic mass is 16.6. The summed E-state index contributed by atoms with van der Waals surface area (Å²) in [4.78, 5) is 22.8. The normalized spacial score (nSPS) is 19.2. The monoisotopic (exact) mass is 384 g/mol. The molecule has 1 fully saturated rings. The van der Waals surface area contributed by atoms with E-state index in [-0.39, 0.29) is 30.4 Å². The lowest BCUT2D eigenvalue weighted by Gasteiger charge is -2.31. The lowest BCUT2D eigenvalue weighted by Crippen LogP contribution is -2.45. The van der Waals surface area contributed by atoms with E-state index >= 15 is 0 Å². The molecule has 0 radical (unpaired) electrons. The van der Waals surface area contributed by atoms with E-state index in [2.05, 4.69) is 15.3 Å². The van der Waals surface area contributed by atoms with Crippen LogP contribution in [-0.4, -0.2) is 40.4 Å². The van der Waals surface area contributed by atoms with Crippen molar-refractivity contribution in [1.82, 2.24) is 9.97 Å². The van der Waals surface area contributed by atoms with Crippen molar-refractivity contribution >= 4 is 17.9 Å². The molecule has 7 nitrogen and oxygen atoms in total. The first kappa shape index (κ1) is 20.1. The summed E-state index contributed by atoms with van der Waals surface area (Å²) < 4.78 is 11.3. The van der Waals surface area contributed by atoms with E-state index in [1.54, 1.807) is 17.2 Å². The summed E-state index contributed by atoms with van der Waals surface area (Å²) in [5.74, 6) is 0.950. The predicted octanol–water partition coefficient (Wildman–Crippen LogP) is 4.18. The van der Waals surface area contributed by atoms with Crippen molar-refractivity contribution in [1.29, 1.82) is 0 Å². The summed E-state index contributed by atoms with van der Waals surface area (Å²) in [5.41, 5.74) is 0.808. The smallest absolute Gasteiger partial charge is 0.416 e. The second kappa shape index (κ2) is 8.14. The molecular formula is C21H28N4O3. The third-order valence-corrected chi connectivity index (χ3v) is 4.52. The maximum absolute atomic E-state index is 12.4. The van der Waals surface area contributed by atoms with Crippen LogP contribution in [0.2, 0.25) is 0 Å². The minimum atomic E-state index is -0.421. The Bertz CT molecular complexity index is 807. The molecule has 0 bridgehead atoms. The fourth-order valence-electron chi connectivity index (χ4n) is 3.25. The van der Waals surface area contributed by atoms with Crippen molar-refractivity contribution in [3.8, 4) is 0 Å². The third kappa shape index (κ3) is 4.78. The minimum Gasteiger partial charge on any atom is -0.447 e. The highest BCUT2D eigenvalue weighted by Crippen LogP contribution is 2.27. The van der Waals surface area contributed by atoms with Crippen LogP contribution in [0.15, 0.2) is 42.6 Å². The van der Waals surface area contributed by atoms with Crippen molar-refractivity contribution in [3.63, 3.8) is 0 Å². The van der Waals surface area contributed by atoms with E-state index in [1.807, 2.05) is 65.0 Å². The summed E-state index contributed by atoms with van der Waals surface area (Å²) >= 11 is 0. The van der Waals surface area contributed by atoms with E-state index in [0.29, 0.717) is 11.8 Å². The van der Waals surface area contributed by atoms with E-state index in [9.17, 15) is 4.79 Å². The molecule has 28 heavy (non-hydrogen) atoms. The number of aromatic nitrogens is 2. The topological polar surface area (TPSA) is 76.6 Å². The predicted molar refractivity (Wildman–Crippen MR) is 108 cm³/mol. The van der Waals surface area contributed by atoms with Gasteiger partial charge in [-0.25, -0.2) is 9.78 Å². The van der Waals surface area contributed by atoms with Gasteiger partial charge in [-0.05, 0) is 46.2 Å². The molecule has 150 valence electrons. The van der Waals surface area contributed by atoms with Gasteiger partial charge in [0.1, 0.15) is 18.5 Å². The molecular weight excluding hydrogens is 356 g/mol. The molecule has 1 aliphatic heterocycles. The summed E-state index contributed by atoms with van der Waals surface area (Å²) in [6.07, 6.45) is 1.01. The van der Waals surface area contributed by atoms with Gasteiger partial charge < -0.3 is 14.8 Å². The van der Waals surface area contributed by atoms with Gasteiger partial charge in [-0.3, -0.25) is 4.90 Å². The lowest BCUT2D eigenvalue weighted by molar-refractivity contribution is -0.0618. The minimum absolute atomic E-state index is 0.0286. The molecule has 2 aromatic rings. The standard InChI is InChI=1S/C21H28N4O3/c1-14(16-9-7-6-8-10-16)23-19-22-12-11-18(24-19)25-17(13-27-20(25)26)15(2)28-21(3,4)5/h6-12,14-15,17H,13H2,1-5H3,(H,22,23,24)/t14-,15+,17?/m0/s1. The van der Waals surface area contributed by atoms with E-state index in [4.69, 9.17) is 9.47 Å². The zero-order valence-corrected chi connectivity index (χ0v) is 17.0. The van der Waals surface area contributed by atoms with Gasteiger partial charge in [-0.2, -0.15) is 4.98 Å². The zero-order valence-electron chi connectivity index (χ0n) is 17.0. The average Bonchev–Trinajstić information content (AvgIpc) is 3.03. The molecule has 0 spiro atoms. The first-order chi connectivity index (χ1) is 13.2. The van der Waals surface area contributed by atoms with Crippen molar-refractivity contribution in [3.05, 3.63) is 48.2 Å². The maximum Gasteiger partial charge on any atom is 0.416 e. The third-order valence-electron chi connectivity index (χ3n) is 4.52. The Labute approximate surface area is 166 Å². The maximum atomic E-state index is 12.4. The Kier molecular flexibility index (Phi) is 5.84. The van der Waals surface area contributed by atoms with E-state index in [1.165, 1.54) is 0 Å². The highest BCUT2D eigenvalue weighted by Gasteiger charge is 2.40. The number of nitrogens with one attached hydrogen (secondary N) is 1. The van der Waals surface area contributed by atoms with Crippen LogP contribution in [0.3, 0.4) is 0 Å². The fourth-order valence-corrected chi connectivity index (χ4v) is 3.25. The number of amides is 1. The quantitative estimate of drug-likeness (QED) is 0.805. The van der Waals surface area contributed by atoms with Crippen molar-refractivity contribution < 1.29 is 14.3 Å².